The van der Waals surface area contributed by atoms with Gasteiger partial charge in [-0.2, -0.15) is 0 Å². The molecule has 0 aliphatic carbocycles. The number of methoxy groups -OCH3 is 1. The summed E-state index contributed by atoms with van der Waals surface area (Å²) in [5, 5.41) is 12.7. The normalized spacial score (nSPS) is 15.4. The van der Waals surface area contributed by atoms with E-state index in [2.05, 4.69) is 15.3 Å². The number of hydrogen-bond acceptors (Lipinski definition) is 7. The predicted octanol–water partition coefficient (Wildman–Crippen LogP) is 3.87. The number of carbonyl (C=O) groups is 1. The van der Waals surface area contributed by atoms with Crippen LogP contribution in [0.1, 0.15) is 53.5 Å². The number of benzene rings is 2. The molecule has 1 aliphatic heterocycles. The van der Waals surface area contributed by atoms with Crippen molar-refractivity contribution in [2.24, 2.45) is 0 Å². The maximum Gasteiger partial charge on any atom is 0.337 e. The Balaban J connectivity index is 1.49. The first-order valence-corrected chi connectivity index (χ1v) is 12.2. The molecule has 0 bridgehead atoms. The van der Waals surface area contributed by atoms with Crippen LogP contribution in [0.25, 0.3) is 21.9 Å². The molecule has 2 aromatic heterocycles. The quantitative estimate of drug-likeness (QED) is 0.296. The Hall–Kier alpha value is -3.49. The second-order valence-electron chi connectivity index (χ2n) is 9.00. The average molecular weight is 474 g/mol. The number of nitrogens with one attached hydrogen (secondary N) is 1. The van der Waals surface area contributed by atoms with Crippen molar-refractivity contribution in [3.63, 3.8) is 0 Å². The van der Waals surface area contributed by atoms with Crippen LogP contribution in [0.3, 0.4) is 0 Å². The highest BCUT2D eigenvalue weighted by Crippen LogP contribution is 2.29. The maximum atomic E-state index is 12.2. The number of likely N-dealkylation sites (tertiary alicyclic amines) is 1. The molecule has 3 heterocycles. The standard InChI is InChI=1S/C27H31N5O3/c1-35-27(34)20-11-12-21-22-18-28-25(24(33)19-9-4-2-5-10-19)30-26(22)32(23(21)17-20)29-13-8-16-31-14-6-3-7-15-31/h2,4-5,9-12,17-18,24,29,33H,3,6-8,13-16H2,1H3. The molecule has 1 saturated heterocycles. The Kier molecular flexibility index (Phi) is 6.92. The zero-order chi connectivity index (χ0) is 24.2. The smallest absolute Gasteiger partial charge is 0.337 e. The van der Waals surface area contributed by atoms with Gasteiger partial charge in [-0.05, 0) is 56.6 Å². The van der Waals surface area contributed by atoms with Crippen LogP contribution in [0, 0.1) is 0 Å². The minimum absolute atomic E-state index is 0.330. The number of nitrogens with zero attached hydrogens (tertiary/aromatic N) is 4. The summed E-state index contributed by atoms with van der Waals surface area (Å²) in [5.41, 5.74) is 6.20. The molecule has 0 saturated carbocycles. The Morgan fingerprint density at radius 2 is 1.91 bits per heavy atom. The lowest BCUT2D eigenvalue weighted by Crippen LogP contribution is -2.32. The first-order chi connectivity index (χ1) is 17.2. The highest BCUT2D eigenvalue weighted by molar-refractivity contribution is 6.08. The van der Waals surface area contributed by atoms with E-state index in [4.69, 9.17) is 9.72 Å². The molecule has 4 aromatic rings. The van der Waals surface area contributed by atoms with Gasteiger partial charge >= 0.3 is 5.97 Å². The van der Waals surface area contributed by atoms with Crippen molar-refractivity contribution < 1.29 is 14.6 Å². The lowest BCUT2D eigenvalue weighted by atomic mass is 10.1. The molecule has 8 heteroatoms. The number of piperidine rings is 1. The summed E-state index contributed by atoms with van der Waals surface area (Å²) in [7, 11) is 1.38. The van der Waals surface area contributed by atoms with Crippen molar-refractivity contribution >= 4 is 27.9 Å². The van der Waals surface area contributed by atoms with Crippen molar-refractivity contribution in [2.75, 3.05) is 38.7 Å². The number of esters is 1. The van der Waals surface area contributed by atoms with E-state index in [1.165, 1.54) is 39.5 Å². The van der Waals surface area contributed by atoms with E-state index >= 15 is 0 Å². The summed E-state index contributed by atoms with van der Waals surface area (Å²) < 4.78 is 6.84. The second kappa shape index (κ2) is 10.4. The molecule has 182 valence electrons. The monoisotopic (exact) mass is 473 g/mol. The SMILES string of the molecule is COC(=O)c1ccc2c3cnc(C(O)c4ccccc4)nc3n(NCCCN3CCCCC3)c2c1. The summed E-state index contributed by atoms with van der Waals surface area (Å²) in [6.07, 6.45) is 5.69. The van der Waals surface area contributed by atoms with Crippen LogP contribution in [0.4, 0.5) is 0 Å². The summed E-state index contributed by atoms with van der Waals surface area (Å²) in [5.74, 6) is -0.0591. The zero-order valence-electron chi connectivity index (χ0n) is 20.0. The minimum Gasteiger partial charge on any atom is -0.465 e. The van der Waals surface area contributed by atoms with Gasteiger partial charge in [0.2, 0.25) is 0 Å². The molecule has 1 unspecified atom stereocenters. The van der Waals surface area contributed by atoms with E-state index < -0.39 is 6.10 Å². The number of hydrogen-bond donors (Lipinski definition) is 2. The number of aromatic nitrogens is 3. The van der Waals surface area contributed by atoms with Crippen molar-refractivity contribution in [1.82, 2.24) is 19.5 Å². The number of aliphatic hydroxyl groups is 1. The fraction of sp³-hybridized carbons (Fsp3) is 0.370. The number of rotatable bonds is 8. The first-order valence-electron chi connectivity index (χ1n) is 12.2. The Morgan fingerprint density at radius 1 is 1.11 bits per heavy atom. The van der Waals surface area contributed by atoms with Gasteiger partial charge in [0.15, 0.2) is 11.5 Å². The van der Waals surface area contributed by atoms with E-state index in [0.29, 0.717) is 17.0 Å². The maximum absolute atomic E-state index is 12.2. The van der Waals surface area contributed by atoms with E-state index in [9.17, 15) is 9.90 Å². The van der Waals surface area contributed by atoms with Gasteiger partial charge in [0, 0.05) is 23.5 Å². The van der Waals surface area contributed by atoms with E-state index in [-0.39, 0.29) is 5.97 Å². The number of fused-ring (bicyclic) bond motifs is 3. The predicted molar refractivity (Wildman–Crippen MR) is 136 cm³/mol. The third-order valence-corrected chi connectivity index (χ3v) is 6.68. The molecule has 8 nitrogen and oxygen atoms in total. The highest BCUT2D eigenvalue weighted by Gasteiger charge is 2.19. The molecule has 0 amide bonds. The van der Waals surface area contributed by atoms with Crippen molar-refractivity contribution in [3.8, 4) is 0 Å². The molecule has 0 radical (unpaired) electrons. The van der Waals surface area contributed by atoms with E-state index in [1.807, 2.05) is 47.1 Å². The molecular weight excluding hydrogens is 442 g/mol. The fourth-order valence-corrected chi connectivity index (χ4v) is 4.80. The van der Waals surface area contributed by atoms with Crippen LogP contribution in [-0.2, 0) is 4.74 Å². The van der Waals surface area contributed by atoms with E-state index in [1.54, 1.807) is 12.3 Å². The molecule has 35 heavy (non-hydrogen) atoms. The summed E-state index contributed by atoms with van der Waals surface area (Å²) >= 11 is 0. The third kappa shape index (κ3) is 4.85. The number of aliphatic hydroxyl groups excluding tert-OH is 1. The average Bonchev–Trinajstić information content (AvgIpc) is 3.23. The number of ether oxygens (including phenoxy) is 1. The van der Waals surface area contributed by atoms with Crippen LogP contribution in [-0.4, -0.2) is 63.9 Å². The van der Waals surface area contributed by atoms with E-state index in [0.717, 1.165) is 41.4 Å². The van der Waals surface area contributed by atoms with Crippen LogP contribution < -0.4 is 5.43 Å². The molecular formula is C27H31N5O3. The van der Waals surface area contributed by atoms with Gasteiger partial charge < -0.3 is 20.2 Å². The molecule has 5 rings (SSSR count). The minimum atomic E-state index is -0.934. The van der Waals surface area contributed by atoms with Gasteiger partial charge in [0.25, 0.3) is 0 Å². The van der Waals surface area contributed by atoms with Crippen LogP contribution >= 0.6 is 0 Å². The molecule has 0 spiro atoms. The van der Waals surface area contributed by atoms with Gasteiger partial charge in [0.1, 0.15) is 6.10 Å². The Morgan fingerprint density at radius 3 is 2.69 bits per heavy atom. The van der Waals surface area contributed by atoms with Crippen molar-refractivity contribution in [3.05, 3.63) is 71.7 Å². The summed E-state index contributed by atoms with van der Waals surface area (Å²) in [6.45, 7) is 4.14. The van der Waals surface area contributed by atoms with Crippen LogP contribution in [0.2, 0.25) is 0 Å². The lowest BCUT2D eigenvalue weighted by Gasteiger charge is -2.26. The van der Waals surface area contributed by atoms with Crippen molar-refractivity contribution in [1.29, 1.82) is 0 Å². The van der Waals surface area contributed by atoms with Gasteiger partial charge in [-0.15, -0.1) is 0 Å². The lowest BCUT2D eigenvalue weighted by molar-refractivity contribution is 0.0601. The second-order valence-corrected chi connectivity index (χ2v) is 9.00. The third-order valence-electron chi connectivity index (χ3n) is 6.68. The topological polar surface area (TPSA) is 92.5 Å². The summed E-state index contributed by atoms with van der Waals surface area (Å²) in [4.78, 5) is 24.0. The Bertz CT molecular complexity index is 1310. The fourth-order valence-electron chi connectivity index (χ4n) is 4.80. The Labute approximate surface area is 204 Å². The van der Waals surface area contributed by atoms with Crippen LogP contribution in [0.15, 0.2) is 54.7 Å². The molecule has 2 aromatic carbocycles. The zero-order valence-corrected chi connectivity index (χ0v) is 20.0. The summed E-state index contributed by atoms with van der Waals surface area (Å²) in [6, 6.07) is 14.8. The van der Waals surface area contributed by atoms with Crippen LogP contribution in [0.5, 0.6) is 0 Å². The molecule has 1 fully saturated rings. The molecule has 2 N–H and O–H groups in total. The highest BCUT2D eigenvalue weighted by atomic mass is 16.5. The first kappa shape index (κ1) is 23.3. The van der Waals surface area contributed by atoms with Gasteiger partial charge in [-0.25, -0.2) is 19.4 Å². The largest absolute Gasteiger partial charge is 0.465 e. The number of carbonyl (C=O) groups excluding carboxylic acids is 1. The van der Waals surface area contributed by atoms with Gasteiger partial charge in [0.05, 0.1) is 18.2 Å². The van der Waals surface area contributed by atoms with Crippen molar-refractivity contribution in [2.45, 2.75) is 31.8 Å². The molecule has 1 aliphatic rings. The van der Waals surface area contributed by atoms with Gasteiger partial charge in [-0.3, -0.25) is 0 Å². The van der Waals surface area contributed by atoms with Gasteiger partial charge in [-0.1, -0.05) is 42.8 Å². The molecule has 1 atom stereocenters.